The molecule has 0 saturated heterocycles. The van der Waals surface area contributed by atoms with Crippen molar-refractivity contribution >= 4 is 45.6 Å². The Hall–Kier alpha value is -3.05. The Morgan fingerprint density at radius 2 is 2.03 bits per heavy atom. The molecule has 2 atom stereocenters. The number of aryl methyl sites for hydroxylation is 1. The van der Waals surface area contributed by atoms with E-state index in [0.29, 0.717) is 17.5 Å². The Labute approximate surface area is 213 Å². The van der Waals surface area contributed by atoms with Crippen LogP contribution >= 0.6 is 22.9 Å². The predicted molar refractivity (Wildman–Crippen MR) is 130 cm³/mol. The Bertz CT molecular complexity index is 1320. The molecule has 1 aliphatic carbocycles. The topological polar surface area (TPSA) is 85.2 Å². The van der Waals surface area contributed by atoms with Gasteiger partial charge in [-0.2, -0.15) is 18.3 Å². The van der Waals surface area contributed by atoms with Crippen LogP contribution < -0.4 is 10.6 Å². The Morgan fingerprint density at radius 3 is 2.72 bits per heavy atom. The average molecular weight is 539 g/mol. The number of aromatic nitrogens is 2. The van der Waals surface area contributed by atoms with Gasteiger partial charge in [0, 0.05) is 11.3 Å². The zero-order valence-electron chi connectivity index (χ0n) is 19.1. The van der Waals surface area contributed by atoms with Gasteiger partial charge in [-0.05, 0) is 37.3 Å². The minimum absolute atomic E-state index is 0.0801. The number of amides is 1. The molecule has 0 radical (unpaired) electrons. The van der Waals surface area contributed by atoms with Crippen LogP contribution in [-0.4, -0.2) is 34.4 Å². The van der Waals surface area contributed by atoms with Crippen molar-refractivity contribution in [2.75, 3.05) is 17.2 Å². The van der Waals surface area contributed by atoms with E-state index in [4.69, 9.17) is 16.3 Å². The van der Waals surface area contributed by atoms with Crippen LogP contribution in [0.3, 0.4) is 0 Å². The number of ether oxygens (including phenoxy) is 1. The van der Waals surface area contributed by atoms with Gasteiger partial charge < -0.3 is 15.4 Å². The summed E-state index contributed by atoms with van der Waals surface area (Å²) in [6.07, 6.45) is -2.56. The maximum atomic E-state index is 14.0. The first-order chi connectivity index (χ1) is 17.2. The number of halogens is 4. The standard InChI is InChI=1S/C24H22ClF3N4O3S/c1-2-35-23(34)17-13-9-6-10-15(13)36-22(17)30-21(33)19-18(25)20-29-14(12-7-4-3-5-8-12)11-16(24(26,27)28)32(20)31-19/h3-5,7-8,14,16,29H,2,6,9-11H2,1H3,(H,30,33)/t14-,16-/m1/s1. The first-order valence-electron chi connectivity index (χ1n) is 11.5. The van der Waals surface area contributed by atoms with Gasteiger partial charge in [-0.3, -0.25) is 4.79 Å². The van der Waals surface area contributed by atoms with E-state index in [-0.39, 0.29) is 34.6 Å². The zero-order valence-corrected chi connectivity index (χ0v) is 20.7. The van der Waals surface area contributed by atoms with Gasteiger partial charge in [0.25, 0.3) is 5.91 Å². The van der Waals surface area contributed by atoms with Gasteiger partial charge in [0.15, 0.2) is 11.7 Å². The summed E-state index contributed by atoms with van der Waals surface area (Å²) in [5.41, 5.74) is 1.44. The molecule has 3 heterocycles. The molecule has 2 aromatic heterocycles. The summed E-state index contributed by atoms with van der Waals surface area (Å²) in [7, 11) is 0. The number of thiophene rings is 1. The molecule has 5 rings (SSSR count). The zero-order chi connectivity index (χ0) is 25.6. The van der Waals surface area contributed by atoms with Crippen molar-refractivity contribution < 1.29 is 27.5 Å². The molecule has 0 bridgehead atoms. The van der Waals surface area contributed by atoms with E-state index in [1.807, 2.05) is 0 Å². The number of esters is 1. The SMILES string of the molecule is CCOC(=O)c1c(NC(=O)c2nn3c(c2Cl)N[C@@H](c2ccccc2)C[C@@H]3C(F)(F)F)sc2c1CCC2. The molecule has 0 unspecified atom stereocenters. The second kappa shape index (κ2) is 9.44. The smallest absolute Gasteiger partial charge is 0.410 e. The van der Waals surface area contributed by atoms with Crippen molar-refractivity contribution in [2.45, 2.75) is 50.9 Å². The number of alkyl halides is 3. The van der Waals surface area contributed by atoms with Crippen LogP contribution in [0.4, 0.5) is 24.0 Å². The highest BCUT2D eigenvalue weighted by Gasteiger charge is 2.48. The maximum Gasteiger partial charge on any atom is 0.410 e. The lowest BCUT2D eigenvalue weighted by molar-refractivity contribution is -0.173. The molecule has 12 heteroatoms. The molecule has 3 aromatic rings. The highest BCUT2D eigenvalue weighted by molar-refractivity contribution is 7.17. The number of nitrogens with zero attached hydrogens (tertiary/aromatic N) is 2. The number of rotatable bonds is 5. The minimum Gasteiger partial charge on any atom is -0.462 e. The number of benzene rings is 1. The fourth-order valence-electron chi connectivity index (χ4n) is 4.71. The van der Waals surface area contributed by atoms with E-state index in [1.165, 1.54) is 11.3 Å². The molecule has 1 amide bonds. The largest absolute Gasteiger partial charge is 0.462 e. The molecule has 7 nitrogen and oxygen atoms in total. The summed E-state index contributed by atoms with van der Waals surface area (Å²) in [6, 6.07) is 6.07. The second-order valence-electron chi connectivity index (χ2n) is 8.59. The highest BCUT2D eigenvalue weighted by atomic mass is 35.5. The minimum atomic E-state index is -4.61. The molecular formula is C24H22ClF3N4O3S. The molecule has 0 saturated carbocycles. The van der Waals surface area contributed by atoms with Gasteiger partial charge in [0.05, 0.1) is 18.2 Å². The first kappa shape index (κ1) is 24.6. The quantitative estimate of drug-likeness (QED) is 0.379. The molecule has 2 aliphatic rings. The third kappa shape index (κ3) is 4.34. The van der Waals surface area contributed by atoms with E-state index in [1.54, 1.807) is 37.3 Å². The molecule has 2 N–H and O–H groups in total. The van der Waals surface area contributed by atoms with Crippen molar-refractivity contribution in [3.63, 3.8) is 0 Å². The van der Waals surface area contributed by atoms with Gasteiger partial charge >= 0.3 is 12.1 Å². The van der Waals surface area contributed by atoms with Gasteiger partial charge in [-0.15, -0.1) is 11.3 Å². The van der Waals surface area contributed by atoms with Crippen LogP contribution in [0.2, 0.25) is 5.02 Å². The third-order valence-electron chi connectivity index (χ3n) is 6.34. The number of fused-ring (bicyclic) bond motifs is 2. The monoisotopic (exact) mass is 538 g/mol. The fraction of sp³-hybridized carbons (Fsp3) is 0.375. The average Bonchev–Trinajstić information content (AvgIpc) is 3.51. The van der Waals surface area contributed by atoms with Gasteiger partial charge in [0.2, 0.25) is 0 Å². The molecule has 0 spiro atoms. The van der Waals surface area contributed by atoms with Gasteiger partial charge in [-0.1, -0.05) is 41.9 Å². The summed E-state index contributed by atoms with van der Waals surface area (Å²) in [5, 5.41) is 9.71. The lowest BCUT2D eigenvalue weighted by atomic mass is 9.97. The van der Waals surface area contributed by atoms with Crippen LogP contribution in [-0.2, 0) is 17.6 Å². The lowest BCUT2D eigenvalue weighted by Crippen LogP contribution is -2.35. The number of carbonyl (C=O) groups excluding carboxylic acids is 2. The third-order valence-corrected chi connectivity index (χ3v) is 7.91. The van der Waals surface area contributed by atoms with Gasteiger partial charge in [-0.25, -0.2) is 9.48 Å². The second-order valence-corrected chi connectivity index (χ2v) is 10.1. The summed E-state index contributed by atoms with van der Waals surface area (Å²) < 4.78 is 48.0. The van der Waals surface area contributed by atoms with Crippen molar-refractivity contribution in [1.82, 2.24) is 9.78 Å². The molecule has 190 valence electrons. The first-order valence-corrected chi connectivity index (χ1v) is 12.7. The summed E-state index contributed by atoms with van der Waals surface area (Å²) in [5.74, 6) is -1.43. The van der Waals surface area contributed by atoms with Crippen LogP contribution in [0.1, 0.15) is 68.7 Å². The molecule has 1 aliphatic heterocycles. The van der Waals surface area contributed by atoms with Crippen LogP contribution in [0, 0.1) is 0 Å². The highest BCUT2D eigenvalue weighted by Crippen LogP contribution is 2.46. The number of hydrogen-bond donors (Lipinski definition) is 2. The lowest BCUT2D eigenvalue weighted by Gasteiger charge is -2.33. The Kier molecular flexibility index (Phi) is 6.46. The van der Waals surface area contributed by atoms with Crippen LogP contribution in [0.5, 0.6) is 0 Å². The van der Waals surface area contributed by atoms with E-state index in [0.717, 1.165) is 28.0 Å². The number of nitrogens with one attached hydrogen (secondary N) is 2. The summed E-state index contributed by atoms with van der Waals surface area (Å²) in [4.78, 5) is 26.8. The summed E-state index contributed by atoms with van der Waals surface area (Å²) in [6.45, 7) is 1.86. The van der Waals surface area contributed by atoms with Gasteiger partial charge in [0.1, 0.15) is 15.8 Å². The van der Waals surface area contributed by atoms with Crippen molar-refractivity contribution in [3.8, 4) is 0 Å². The van der Waals surface area contributed by atoms with Crippen LogP contribution in [0.15, 0.2) is 30.3 Å². The molecular weight excluding hydrogens is 517 g/mol. The van der Waals surface area contributed by atoms with E-state index in [9.17, 15) is 22.8 Å². The molecule has 1 aromatic carbocycles. The van der Waals surface area contributed by atoms with E-state index >= 15 is 0 Å². The molecule has 36 heavy (non-hydrogen) atoms. The van der Waals surface area contributed by atoms with E-state index in [2.05, 4.69) is 15.7 Å². The Balaban J connectivity index is 1.49. The normalized spacial score (nSPS) is 18.8. The number of carbonyl (C=O) groups is 2. The summed E-state index contributed by atoms with van der Waals surface area (Å²) >= 11 is 7.70. The predicted octanol–water partition coefficient (Wildman–Crippen LogP) is 6.18. The van der Waals surface area contributed by atoms with Crippen molar-refractivity contribution in [2.24, 2.45) is 0 Å². The fourth-order valence-corrected chi connectivity index (χ4v) is 6.25. The van der Waals surface area contributed by atoms with Crippen molar-refractivity contribution in [1.29, 1.82) is 0 Å². The van der Waals surface area contributed by atoms with Crippen LogP contribution in [0.25, 0.3) is 0 Å². The Morgan fingerprint density at radius 1 is 1.28 bits per heavy atom. The van der Waals surface area contributed by atoms with Crippen molar-refractivity contribution in [3.05, 3.63) is 62.6 Å². The molecule has 0 fully saturated rings. The maximum absolute atomic E-state index is 14.0. The van der Waals surface area contributed by atoms with E-state index < -0.39 is 30.1 Å². The number of anilines is 2. The number of hydrogen-bond acceptors (Lipinski definition) is 6.